The monoisotopic (exact) mass is 254 g/mol. The molecule has 94 valence electrons. The maximum Gasteiger partial charge on any atom is 0.263 e. The SMILES string of the molecule is Nc1ccsc1C(=O)NCC1CCC(O)CC1. The minimum Gasteiger partial charge on any atom is -0.397 e. The van der Waals surface area contributed by atoms with E-state index < -0.39 is 0 Å². The van der Waals surface area contributed by atoms with E-state index in [9.17, 15) is 9.90 Å². The third-order valence-electron chi connectivity index (χ3n) is 3.27. The Morgan fingerprint density at radius 2 is 2.18 bits per heavy atom. The van der Waals surface area contributed by atoms with Crippen LogP contribution in [0.15, 0.2) is 11.4 Å². The normalized spacial score (nSPS) is 24.5. The minimum atomic E-state index is -0.144. The lowest BCUT2D eigenvalue weighted by atomic mass is 9.87. The van der Waals surface area contributed by atoms with Crippen molar-refractivity contribution in [3.63, 3.8) is 0 Å². The lowest BCUT2D eigenvalue weighted by molar-refractivity contribution is 0.0914. The molecule has 1 aliphatic carbocycles. The molecule has 17 heavy (non-hydrogen) atoms. The number of amides is 1. The Kier molecular flexibility index (Phi) is 4.02. The molecule has 2 rings (SSSR count). The number of carbonyl (C=O) groups excluding carboxylic acids is 1. The summed E-state index contributed by atoms with van der Waals surface area (Å²) >= 11 is 1.37. The Hall–Kier alpha value is -1.07. The van der Waals surface area contributed by atoms with Crippen LogP contribution >= 0.6 is 11.3 Å². The van der Waals surface area contributed by atoms with Crippen LogP contribution in [0.4, 0.5) is 5.69 Å². The van der Waals surface area contributed by atoms with Gasteiger partial charge in [-0.1, -0.05) is 0 Å². The number of hydrogen-bond donors (Lipinski definition) is 3. The number of aliphatic hydroxyl groups is 1. The van der Waals surface area contributed by atoms with E-state index >= 15 is 0 Å². The van der Waals surface area contributed by atoms with Gasteiger partial charge < -0.3 is 16.2 Å². The van der Waals surface area contributed by atoms with Gasteiger partial charge in [0.05, 0.1) is 11.8 Å². The molecule has 1 saturated carbocycles. The fraction of sp³-hybridized carbons (Fsp3) is 0.583. The molecule has 0 spiro atoms. The molecule has 0 radical (unpaired) electrons. The first kappa shape index (κ1) is 12.4. The van der Waals surface area contributed by atoms with E-state index in [4.69, 9.17) is 5.73 Å². The summed E-state index contributed by atoms with van der Waals surface area (Å²) < 4.78 is 0. The highest BCUT2D eigenvalue weighted by molar-refractivity contribution is 7.12. The maximum atomic E-state index is 11.8. The summed E-state index contributed by atoms with van der Waals surface area (Å²) in [5.41, 5.74) is 6.23. The molecule has 4 N–H and O–H groups in total. The van der Waals surface area contributed by atoms with E-state index in [2.05, 4.69) is 5.32 Å². The summed E-state index contributed by atoms with van der Waals surface area (Å²) in [4.78, 5) is 12.4. The van der Waals surface area contributed by atoms with Gasteiger partial charge in [-0.2, -0.15) is 0 Å². The van der Waals surface area contributed by atoms with Crippen LogP contribution in [-0.4, -0.2) is 23.7 Å². The molecule has 4 nitrogen and oxygen atoms in total. The van der Waals surface area contributed by atoms with E-state index in [0.717, 1.165) is 25.7 Å². The lowest BCUT2D eigenvalue weighted by Gasteiger charge is -2.25. The predicted molar refractivity (Wildman–Crippen MR) is 69.0 cm³/mol. The largest absolute Gasteiger partial charge is 0.397 e. The van der Waals surface area contributed by atoms with Crippen LogP contribution < -0.4 is 11.1 Å². The zero-order valence-electron chi connectivity index (χ0n) is 9.69. The van der Waals surface area contributed by atoms with Gasteiger partial charge in [0.25, 0.3) is 5.91 Å². The van der Waals surface area contributed by atoms with Gasteiger partial charge in [0, 0.05) is 6.54 Å². The summed E-state index contributed by atoms with van der Waals surface area (Å²) in [7, 11) is 0. The molecular weight excluding hydrogens is 236 g/mol. The highest BCUT2D eigenvalue weighted by atomic mass is 32.1. The fourth-order valence-corrected chi connectivity index (χ4v) is 2.90. The smallest absolute Gasteiger partial charge is 0.263 e. The molecular formula is C12H18N2O2S. The Morgan fingerprint density at radius 1 is 1.47 bits per heavy atom. The average molecular weight is 254 g/mol. The van der Waals surface area contributed by atoms with Crippen molar-refractivity contribution in [2.75, 3.05) is 12.3 Å². The first-order chi connectivity index (χ1) is 8.16. The van der Waals surface area contributed by atoms with Crippen LogP contribution in [0.1, 0.15) is 35.4 Å². The van der Waals surface area contributed by atoms with Crippen molar-refractivity contribution in [2.45, 2.75) is 31.8 Å². The summed E-state index contributed by atoms with van der Waals surface area (Å²) in [5, 5.41) is 14.1. The molecule has 1 aromatic rings. The predicted octanol–water partition coefficient (Wildman–Crippen LogP) is 1.61. The molecule has 1 amide bonds. The summed E-state index contributed by atoms with van der Waals surface area (Å²) in [6.45, 7) is 0.683. The van der Waals surface area contributed by atoms with Gasteiger partial charge in [-0.3, -0.25) is 4.79 Å². The van der Waals surface area contributed by atoms with E-state index in [1.807, 2.05) is 5.38 Å². The molecule has 0 aliphatic heterocycles. The quantitative estimate of drug-likeness (QED) is 0.767. The van der Waals surface area contributed by atoms with Crippen molar-refractivity contribution >= 4 is 22.9 Å². The number of nitrogens with one attached hydrogen (secondary N) is 1. The molecule has 0 bridgehead atoms. The number of anilines is 1. The molecule has 0 saturated heterocycles. The second-order valence-electron chi connectivity index (χ2n) is 4.59. The van der Waals surface area contributed by atoms with Crippen molar-refractivity contribution in [1.29, 1.82) is 0 Å². The zero-order valence-corrected chi connectivity index (χ0v) is 10.5. The Labute approximate surface area is 105 Å². The first-order valence-corrected chi connectivity index (χ1v) is 6.84. The number of rotatable bonds is 3. The molecule has 0 unspecified atom stereocenters. The molecule has 1 aliphatic rings. The fourth-order valence-electron chi connectivity index (χ4n) is 2.17. The zero-order chi connectivity index (χ0) is 12.3. The second-order valence-corrected chi connectivity index (χ2v) is 5.51. The minimum absolute atomic E-state index is 0.0800. The third kappa shape index (κ3) is 3.20. The highest BCUT2D eigenvalue weighted by Crippen LogP contribution is 2.24. The average Bonchev–Trinajstić information content (AvgIpc) is 2.74. The number of nitrogens with two attached hydrogens (primary N) is 1. The summed E-state index contributed by atoms with van der Waals surface area (Å²) in [6.07, 6.45) is 3.53. The van der Waals surface area contributed by atoms with Crippen LogP contribution in [0.3, 0.4) is 0 Å². The van der Waals surface area contributed by atoms with Gasteiger partial charge in [-0.15, -0.1) is 11.3 Å². The molecule has 1 heterocycles. The van der Waals surface area contributed by atoms with E-state index in [1.165, 1.54) is 11.3 Å². The molecule has 0 aromatic carbocycles. The van der Waals surface area contributed by atoms with Gasteiger partial charge in [-0.25, -0.2) is 0 Å². The molecule has 5 heteroatoms. The maximum absolute atomic E-state index is 11.8. The Balaban J connectivity index is 1.79. The van der Waals surface area contributed by atoms with Crippen molar-refractivity contribution in [1.82, 2.24) is 5.32 Å². The van der Waals surface area contributed by atoms with Crippen molar-refractivity contribution in [3.8, 4) is 0 Å². The second kappa shape index (κ2) is 5.51. The van der Waals surface area contributed by atoms with Crippen LogP contribution in [0.2, 0.25) is 0 Å². The molecule has 1 aromatic heterocycles. The number of nitrogen functional groups attached to an aromatic ring is 1. The summed E-state index contributed by atoms with van der Waals surface area (Å²) in [6, 6.07) is 1.75. The number of carbonyl (C=O) groups is 1. The molecule has 1 fully saturated rings. The Bertz CT molecular complexity index is 384. The number of aliphatic hydroxyl groups excluding tert-OH is 1. The van der Waals surface area contributed by atoms with Crippen LogP contribution in [0.25, 0.3) is 0 Å². The van der Waals surface area contributed by atoms with E-state index in [0.29, 0.717) is 23.0 Å². The van der Waals surface area contributed by atoms with Gasteiger partial charge in [0.15, 0.2) is 0 Å². The van der Waals surface area contributed by atoms with Crippen LogP contribution in [0.5, 0.6) is 0 Å². The number of thiophene rings is 1. The topological polar surface area (TPSA) is 75.4 Å². The van der Waals surface area contributed by atoms with E-state index in [-0.39, 0.29) is 12.0 Å². The standard InChI is InChI=1S/C12H18N2O2S/c13-10-5-6-17-11(10)12(16)14-7-8-1-3-9(15)4-2-8/h5-6,8-9,15H,1-4,7,13H2,(H,14,16). The van der Waals surface area contributed by atoms with Gasteiger partial charge in [0.2, 0.25) is 0 Å². The Morgan fingerprint density at radius 3 is 2.76 bits per heavy atom. The highest BCUT2D eigenvalue weighted by Gasteiger charge is 2.20. The van der Waals surface area contributed by atoms with Crippen molar-refractivity contribution in [2.24, 2.45) is 5.92 Å². The van der Waals surface area contributed by atoms with Crippen molar-refractivity contribution < 1.29 is 9.90 Å². The molecule has 0 atom stereocenters. The third-order valence-corrected chi connectivity index (χ3v) is 4.20. The van der Waals surface area contributed by atoms with Crippen molar-refractivity contribution in [3.05, 3.63) is 16.3 Å². The number of hydrogen-bond acceptors (Lipinski definition) is 4. The lowest BCUT2D eigenvalue weighted by Crippen LogP contribution is -2.32. The van der Waals surface area contributed by atoms with Gasteiger partial charge in [-0.05, 0) is 43.0 Å². The van der Waals surface area contributed by atoms with Crippen LogP contribution in [-0.2, 0) is 0 Å². The van der Waals surface area contributed by atoms with E-state index in [1.54, 1.807) is 6.07 Å². The van der Waals surface area contributed by atoms with Gasteiger partial charge in [0.1, 0.15) is 4.88 Å². The van der Waals surface area contributed by atoms with Crippen LogP contribution in [0, 0.1) is 5.92 Å². The van der Waals surface area contributed by atoms with Gasteiger partial charge >= 0.3 is 0 Å². The summed E-state index contributed by atoms with van der Waals surface area (Å²) in [5.74, 6) is 0.409. The first-order valence-electron chi connectivity index (χ1n) is 5.96.